The number of methoxy groups -OCH3 is 1. The van der Waals surface area contributed by atoms with Crippen LogP contribution in [-0.2, 0) is 22.5 Å². The molecule has 25 heavy (non-hydrogen) atoms. The molecule has 1 atom stereocenters. The molecular formula is C18H24N2O5. The van der Waals surface area contributed by atoms with Gasteiger partial charge in [0.05, 0.1) is 19.6 Å². The number of piperidine rings is 1. The van der Waals surface area contributed by atoms with Crippen LogP contribution in [0.5, 0.6) is 5.75 Å². The topological polar surface area (TPSA) is 77.8 Å². The highest BCUT2D eigenvalue weighted by Crippen LogP contribution is 2.28. The standard InChI is InChI=1S/C18H24N2O5/c1-3-25-18(23)12-6-4-8-19(11-12)17(22)16-13-7-5-9-20(13)15(21)10-14(16)24-2/h10,12H,3-9,11H2,1-2H3. The molecule has 1 fully saturated rings. The second-order valence-electron chi connectivity index (χ2n) is 6.47. The third kappa shape index (κ3) is 3.27. The third-order valence-corrected chi connectivity index (χ3v) is 4.94. The molecular weight excluding hydrogens is 324 g/mol. The van der Waals surface area contributed by atoms with Crippen LogP contribution in [0.1, 0.15) is 42.2 Å². The molecule has 0 N–H and O–H groups in total. The van der Waals surface area contributed by atoms with Crippen LogP contribution < -0.4 is 10.3 Å². The number of pyridine rings is 1. The Morgan fingerprint density at radius 3 is 2.80 bits per heavy atom. The molecule has 136 valence electrons. The van der Waals surface area contributed by atoms with E-state index in [2.05, 4.69) is 0 Å². The van der Waals surface area contributed by atoms with Gasteiger partial charge in [0, 0.05) is 31.4 Å². The quantitative estimate of drug-likeness (QED) is 0.765. The van der Waals surface area contributed by atoms with E-state index in [1.165, 1.54) is 13.2 Å². The van der Waals surface area contributed by atoms with Gasteiger partial charge in [0.15, 0.2) is 0 Å². The Morgan fingerprint density at radius 1 is 1.28 bits per heavy atom. The fraction of sp³-hybridized carbons (Fsp3) is 0.611. The first-order chi connectivity index (χ1) is 12.1. The Kier molecular flexibility index (Phi) is 5.11. The van der Waals surface area contributed by atoms with E-state index in [0.717, 1.165) is 25.0 Å². The van der Waals surface area contributed by atoms with Crippen LogP contribution in [0, 0.1) is 5.92 Å². The number of amides is 1. The normalized spacial score (nSPS) is 19.4. The zero-order valence-corrected chi connectivity index (χ0v) is 14.7. The first kappa shape index (κ1) is 17.5. The van der Waals surface area contributed by atoms with Crippen molar-refractivity contribution in [2.45, 2.75) is 39.2 Å². The van der Waals surface area contributed by atoms with E-state index in [0.29, 0.717) is 44.0 Å². The Morgan fingerprint density at radius 2 is 2.08 bits per heavy atom. The van der Waals surface area contributed by atoms with Crippen molar-refractivity contribution < 1.29 is 19.1 Å². The molecule has 7 nitrogen and oxygen atoms in total. The van der Waals surface area contributed by atoms with Gasteiger partial charge in [-0.05, 0) is 32.6 Å². The summed E-state index contributed by atoms with van der Waals surface area (Å²) in [5, 5.41) is 0. The van der Waals surface area contributed by atoms with Crippen molar-refractivity contribution in [1.29, 1.82) is 0 Å². The maximum absolute atomic E-state index is 13.2. The number of fused-ring (bicyclic) bond motifs is 1. The van der Waals surface area contributed by atoms with Gasteiger partial charge in [-0.15, -0.1) is 0 Å². The van der Waals surface area contributed by atoms with Gasteiger partial charge in [0.2, 0.25) is 0 Å². The summed E-state index contributed by atoms with van der Waals surface area (Å²) in [6.07, 6.45) is 3.01. The summed E-state index contributed by atoms with van der Waals surface area (Å²) in [7, 11) is 1.47. The lowest BCUT2D eigenvalue weighted by Crippen LogP contribution is -2.43. The number of likely N-dealkylation sites (tertiary alicyclic amines) is 1. The van der Waals surface area contributed by atoms with Gasteiger partial charge in [-0.2, -0.15) is 0 Å². The lowest BCUT2D eigenvalue weighted by molar-refractivity contribution is -0.149. The van der Waals surface area contributed by atoms with Crippen LogP contribution in [0.15, 0.2) is 10.9 Å². The molecule has 1 unspecified atom stereocenters. The molecule has 3 rings (SSSR count). The minimum Gasteiger partial charge on any atom is -0.496 e. The summed E-state index contributed by atoms with van der Waals surface area (Å²) in [5.41, 5.74) is 1.07. The first-order valence-electron chi connectivity index (χ1n) is 8.83. The predicted molar refractivity (Wildman–Crippen MR) is 90.8 cm³/mol. The van der Waals surface area contributed by atoms with Crippen molar-refractivity contribution in [1.82, 2.24) is 9.47 Å². The minimum atomic E-state index is -0.289. The molecule has 3 heterocycles. The van der Waals surface area contributed by atoms with Crippen LogP contribution in [0.3, 0.4) is 0 Å². The molecule has 1 amide bonds. The SMILES string of the molecule is CCOC(=O)C1CCCN(C(=O)c2c(OC)cc(=O)n3c2CCC3)C1. The summed E-state index contributed by atoms with van der Waals surface area (Å²) < 4.78 is 12.1. The second kappa shape index (κ2) is 7.29. The highest BCUT2D eigenvalue weighted by molar-refractivity contribution is 5.98. The van der Waals surface area contributed by atoms with Gasteiger partial charge in [-0.3, -0.25) is 14.4 Å². The summed E-state index contributed by atoms with van der Waals surface area (Å²) >= 11 is 0. The molecule has 0 radical (unpaired) electrons. The van der Waals surface area contributed by atoms with E-state index in [9.17, 15) is 14.4 Å². The molecule has 1 aromatic rings. The van der Waals surface area contributed by atoms with E-state index in [4.69, 9.17) is 9.47 Å². The number of carbonyl (C=O) groups excluding carboxylic acids is 2. The molecule has 0 saturated carbocycles. The molecule has 0 aliphatic carbocycles. The van der Waals surface area contributed by atoms with Gasteiger partial charge in [-0.1, -0.05) is 0 Å². The second-order valence-corrected chi connectivity index (χ2v) is 6.47. The lowest BCUT2D eigenvalue weighted by Gasteiger charge is -2.32. The Balaban J connectivity index is 1.89. The van der Waals surface area contributed by atoms with Gasteiger partial charge in [0.1, 0.15) is 11.3 Å². The Labute approximate surface area is 146 Å². The maximum Gasteiger partial charge on any atom is 0.310 e. The van der Waals surface area contributed by atoms with Crippen molar-refractivity contribution in [3.05, 3.63) is 27.7 Å². The van der Waals surface area contributed by atoms with Crippen LogP contribution in [-0.4, -0.2) is 48.1 Å². The largest absolute Gasteiger partial charge is 0.496 e. The van der Waals surface area contributed by atoms with Crippen molar-refractivity contribution in [2.75, 3.05) is 26.8 Å². The number of esters is 1. The van der Waals surface area contributed by atoms with Gasteiger partial charge < -0.3 is 18.9 Å². The van der Waals surface area contributed by atoms with E-state index >= 15 is 0 Å². The zero-order chi connectivity index (χ0) is 18.0. The Hall–Kier alpha value is -2.31. The van der Waals surface area contributed by atoms with Crippen molar-refractivity contribution in [3.63, 3.8) is 0 Å². The number of rotatable bonds is 4. The number of hydrogen-bond acceptors (Lipinski definition) is 5. The fourth-order valence-corrected chi connectivity index (χ4v) is 3.74. The molecule has 0 bridgehead atoms. The number of carbonyl (C=O) groups is 2. The predicted octanol–water partition coefficient (Wildman–Crippen LogP) is 1.22. The summed E-state index contributed by atoms with van der Waals surface area (Å²) in [5.74, 6) is -0.387. The molecule has 0 aromatic carbocycles. The molecule has 1 aromatic heterocycles. The summed E-state index contributed by atoms with van der Waals surface area (Å²) in [6.45, 7) is 3.69. The van der Waals surface area contributed by atoms with Crippen molar-refractivity contribution in [3.8, 4) is 5.75 Å². The van der Waals surface area contributed by atoms with E-state index < -0.39 is 0 Å². The van der Waals surface area contributed by atoms with Crippen molar-refractivity contribution in [2.24, 2.45) is 5.92 Å². The average molecular weight is 348 g/mol. The number of hydrogen-bond donors (Lipinski definition) is 0. The molecule has 2 aliphatic heterocycles. The monoisotopic (exact) mass is 348 g/mol. The lowest BCUT2D eigenvalue weighted by atomic mass is 9.97. The van der Waals surface area contributed by atoms with Gasteiger partial charge in [0.25, 0.3) is 11.5 Å². The maximum atomic E-state index is 13.2. The molecule has 7 heteroatoms. The summed E-state index contributed by atoms with van der Waals surface area (Å²) in [6, 6.07) is 1.38. The van der Waals surface area contributed by atoms with Crippen LogP contribution in [0.4, 0.5) is 0 Å². The smallest absolute Gasteiger partial charge is 0.310 e. The van der Waals surface area contributed by atoms with Gasteiger partial charge >= 0.3 is 5.97 Å². The minimum absolute atomic E-state index is 0.135. The number of nitrogens with zero attached hydrogens (tertiary/aromatic N) is 2. The van der Waals surface area contributed by atoms with Crippen LogP contribution >= 0.6 is 0 Å². The summed E-state index contributed by atoms with van der Waals surface area (Å²) in [4.78, 5) is 39.0. The average Bonchev–Trinajstić information content (AvgIpc) is 3.11. The molecule has 0 spiro atoms. The highest BCUT2D eigenvalue weighted by atomic mass is 16.5. The van der Waals surface area contributed by atoms with Crippen molar-refractivity contribution >= 4 is 11.9 Å². The van der Waals surface area contributed by atoms with Gasteiger partial charge in [-0.25, -0.2) is 0 Å². The molecule has 1 saturated heterocycles. The molecule has 2 aliphatic rings. The first-order valence-corrected chi connectivity index (χ1v) is 8.83. The van der Waals surface area contributed by atoms with E-state index in [-0.39, 0.29) is 23.4 Å². The Bertz CT molecular complexity index is 740. The van der Waals surface area contributed by atoms with Crippen LogP contribution in [0.2, 0.25) is 0 Å². The number of ether oxygens (including phenoxy) is 2. The fourth-order valence-electron chi connectivity index (χ4n) is 3.74. The highest BCUT2D eigenvalue weighted by Gasteiger charge is 2.33. The zero-order valence-electron chi connectivity index (χ0n) is 14.7. The van der Waals surface area contributed by atoms with Crippen LogP contribution in [0.25, 0.3) is 0 Å². The van der Waals surface area contributed by atoms with E-state index in [1.807, 2.05) is 0 Å². The van der Waals surface area contributed by atoms with E-state index in [1.54, 1.807) is 16.4 Å². The third-order valence-electron chi connectivity index (χ3n) is 4.94. The number of aromatic nitrogens is 1.